The first-order valence-corrected chi connectivity index (χ1v) is 10.3. The molecule has 3 rings (SSSR count). The zero-order chi connectivity index (χ0) is 18.9. The molecule has 0 fully saturated rings. The van der Waals surface area contributed by atoms with Gasteiger partial charge in [0.2, 0.25) is 0 Å². The van der Waals surface area contributed by atoms with E-state index in [0.29, 0.717) is 11.8 Å². The average Bonchev–Trinajstić information content (AvgIpc) is 2.73. The minimum absolute atomic E-state index is 0.601. The fourth-order valence-corrected chi connectivity index (χ4v) is 3.56. The van der Waals surface area contributed by atoms with Gasteiger partial charge >= 0.3 is 0 Å². The summed E-state index contributed by atoms with van der Waals surface area (Å²) in [6, 6.07) is 21.3. The van der Waals surface area contributed by atoms with E-state index in [1.54, 1.807) is 0 Å². The Balaban J connectivity index is 1.63. The number of nitrogens with zero attached hydrogens (tertiary/aromatic N) is 2. The lowest BCUT2D eigenvalue weighted by Crippen LogP contribution is -2.27. The fourth-order valence-electron chi connectivity index (χ4n) is 3.15. The monoisotopic (exact) mass is 398 g/mol. The fraction of sp³-hybridized carbons (Fsp3) is 0.261. The van der Waals surface area contributed by atoms with Gasteiger partial charge in [-0.25, -0.2) is 0 Å². The van der Waals surface area contributed by atoms with Crippen LogP contribution in [0.5, 0.6) is 0 Å². The van der Waals surface area contributed by atoms with Crippen LogP contribution in [-0.2, 0) is 12.8 Å². The van der Waals surface area contributed by atoms with Crippen LogP contribution >= 0.6 is 23.2 Å². The summed E-state index contributed by atoms with van der Waals surface area (Å²) in [5.41, 5.74) is 6.12. The molecule has 0 aliphatic heterocycles. The molecule has 3 aromatic rings. The molecule has 0 saturated heterocycles. The molecular formula is C23H24Cl2N2. The lowest BCUT2D eigenvalue weighted by atomic mass is 10.0. The van der Waals surface area contributed by atoms with Crippen LogP contribution in [0.25, 0.3) is 11.1 Å². The van der Waals surface area contributed by atoms with Crippen LogP contribution < -0.4 is 4.90 Å². The molecule has 140 valence electrons. The number of halogens is 2. The van der Waals surface area contributed by atoms with E-state index in [2.05, 4.69) is 64.5 Å². The summed E-state index contributed by atoms with van der Waals surface area (Å²) in [7, 11) is 0. The second kappa shape index (κ2) is 10.3. The van der Waals surface area contributed by atoms with E-state index in [1.807, 2.05) is 18.5 Å². The molecular weight excluding hydrogens is 375 g/mol. The van der Waals surface area contributed by atoms with Crippen LogP contribution in [-0.4, -0.2) is 29.8 Å². The molecule has 0 spiro atoms. The molecule has 4 heteroatoms. The van der Waals surface area contributed by atoms with Gasteiger partial charge in [0.25, 0.3) is 0 Å². The molecule has 1 heterocycles. The molecule has 0 aliphatic rings. The molecule has 0 amide bonds. The molecule has 0 N–H and O–H groups in total. The normalized spacial score (nSPS) is 10.7. The Bertz CT molecular complexity index is 813. The molecule has 0 unspecified atom stereocenters. The van der Waals surface area contributed by atoms with E-state index in [9.17, 15) is 0 Å². The topological polar surface area (TPSA) is 16.1 Å². The molecule has 0 bridgehead atoms. The largest absolute Gasteiger partial charge is 0.369 e. The molecule has 0 atom stereocenters. The molecule has 0 aliphatic carbocycles. The van der Waals surface area contributed by atoms with Crippen molar-refractivity contribution < 1.29 is 0 Å². The van der Waals surface area contributed by atoms with Gasteiger partial charge in [0, 0.05) is 48.5 Å². The summed E-state index contributed by atoms with van der Waals surface area (Å²) >= 11 is 11.8. The number of hydrogen-bond acceptors (Lipinski definition) is 2. The highest BCUT2D eigenvalue weighted by Crippen LogP contribution is 2.20. The van der Waals surface area contributed by atoms with Gasteiger partial charge in [0.05, 0.1) is 0 Å². The van der Waals surface area contributed by atoms with E-state index in [4.69, 9.17) is 23.2 Å². The molecule has 0 saturated carbocycles. The summed E-state index contributed by atoms with van der Waals surface area (Å²) in [5.74, 6) is 1.20. The van der Waals surface area contributed by atoms with Crippen LogP contribution in [0.2, 0.25) is 0 Å². The summed E-state index contributed by atoms with van der Waals surface area (Å²) in [4.78, 5) is 6.64. The molecule has 0 radical (unpaired) electrons. The Labute approximate surface area is 171 Å². The summed E-state index contributed by atoms with van der Waals surface area (Å²) in [6.45, 7) is 1.62. The van der Waals surface area contributed by atoms with Crippen molar-refractivity contribution in [1.29, 1.82) is 0 Å². The van der Waals surface area contributed by atoms with Crippen molar-refractivity contribution >= 4 is 28.9 Å². The van der Waals surface area contributed by atoms with Gasteiger partial charge < -0.3 is 4.90 Å². The van der Waals surface area contributed by atoms with Crippen molar-refractivity contribution in [3.8, 4) is 11.1 Å². The summed E-state index contributed by atoms with van der Waals surface area (Å²) < 4.78 is 0. The van der Waals surface area contributed by atoms with Gasteiger partial charge in [-0.2, -0.15) is 0 Å². The second-order valence-electron chi connectivity index (χ2n) is 6.48. The van der Waals surface area contributed by atoms with Crippen molar-refractivity contribution in [2.75, 3.05) is 29.7 Å². The van der Waals surface area contributed by atoms with Gasteiger partial charge in [0.1, 0.15) is 0 Å². The van der Waals surface area contributed by atoms with E-state index < -0.39 is 0 Å². The zero-order valence-corrected chi connectivity index (χ0v) is 16.8. The van der Waals surface area contributed by atoms with Crippen molar-refractivity contribution in [3.05, 3.63) is 84.2 Å². The molecule has 27 heavy (non-hydrogen) atoms. The predicted octanol–water partition coefficient (Wildman–Crippen LogP) is 5.82. The van der Waals surface area contributed by atoms with E-state index in [1.165, 1.54) is 27.9 Å². The van der Waals surface area contributed by atoms with Crippen molar-refractivity contribution in [2.45, 2.75) is 12.8 Å². The van der Waals surface area contributed by atoms with Crippen LogP contribution in [0, 0.1) is 0 Å². The van der Waals surface area contributed by atoms with Crippen LogP contribution in [0.1, 0.15) is 11.1 Å². The maximum atomic E-state index is 5.90. The number of aromatic nitrogens is 1. The third-order valence-electron chi connectivity index (χ3n) is 4.61. The minimum Gasteiger partial charge on any atom is -0.369 e. The zero-order valence-electron chi connectivity index (χ0n) is 15.3. The van der Waals surface area contributed by atoms with Crippen molar-refractivity contribution in [2.24, 2.45) is 0 Å². The number of anilines is 1. The first kappa shape index (κ1) is 19.7. The van der Waals surface area contributed by atoms with Crippen LogP contribution in [0.4, 0.5) is 5.69 Å². The van der Waals surface area contributed by atoms with Gasteiger partial charge in [-0.1, -0.05) is 42.5 Å². The number of rotatable bonds is 9. The third-order valence-corrected chi connectivity index (χ3v) is 4.95. The number of hydrogen-bond donors (Lipinski definition) is 0. The van der Waals surface area contributed by atoms with Crippen LogP contribution in [0.3, 0.4) is 0 Å². The third kappa shape index (κ3) is 5.72. The van der Waals surface area contributed by atoms with Gasteiger partial charge in [-0.3, -0.25) is 4.98 Å². The van der Waals surface area contributed by atoms with Gasteiger partial charge in [0.15, 0.2) is 0 Å². The standard InChI is InChI=1S/C23H24Cl2N2/c24-12-14-27(15-13-25)23-10-8-19(9-11-23)6-7-20-16-22(18-26-17-20)21-4-2-1-3-5-21/h1-5,8-11,16-18H,6-7,12-15H2. The highest BCUT2D eigenvalue weighted by Gasteiger charge is 2.06. The Morgan fingerprint density at radius 3 is 2.04 bits per heavy atom. The number of aryl methyl sites for hydroxylation is 2. The van der Waals surface area contributed by atoms with E-state index in [-0.39, 0.29) is 0 Å². The molecule has 2 nitrogen and oxygen atoms in total. The number of benzene rings is 2. The Morgan fingerprint density at radius 2 is 1.37 bits per heavy atom. The van der Waals surface area contributed by atoms with E-state index in [0.717, 1.165) is 25.9 Å². The lowest BCUT2D eigenvalue weighted by Gasteiger charge is -2.23. The molecule has 1 aromatic heterocycles. The van der Waals surface area contributed by atoms with E-state index >= 15 is 0 Å². The quantitative estimate of drug-likeness (QED) is 0.422. The summed E-state index contributed by atoms with van der Waals surface area (Å²) in [6.07, 6.45) is 5.85. The number of pyridine rings is 1. The summed E-state index contributed by atoms with van der Waals surface area (Å²) in [5, 5.41) is 0. The average molecular weight is 399 g/mol. The second-order valence-corrected chi connectivity index (χ2v) is 7.24. The highest BCUT2D eigenvalue weighted by atomic mass is 35.5. The Kier molecular flexibility index (Phi) is 7.55. The SMILES string of the molecule is ClCCN(CCCl)c1ccc(CCc2cncc(-c3ccccc3)c2)cc1. The Morgan fingerprint density at radius 1 is 0.704 bits per heavy atom. The predicted molar refractivity (Wildman–Crippen MR) is 117 cm³/mol. The van der Waals surface area contributed by atoms with Gasteiger partial charge in [-0.15, -0.1) is 23.2 Å². The lowest BCUT2D eigenvalue weighted by molar-refractivity contribution is 0.872. The van der Waals surface area contributed by atoms with Crippen molar-refractivity contribution in [1.82, 2.24) is 4.98 Å². The Hall–Kier alpha value is -2.03. The first-order chi connectivity index (χ1) is 13.3. The smallest absolute Gasteiger partial charge is 0.0399 e. The maximum Gasteiger partial charge on any atom is 0.0399 e. The number of alkyl halides is 2. The molecule has 2 aromatic carbocycles. The first-order valence-electron chi connectivity index (χ1n) is 9.25. The maximum absolute atomic E-state index is 5.90. The van der Waals surface area contributed by atoms with Gasteiger partial charge in [-0.05, 0) is 47.7 Å². The highest BCUT2D eigenvalue weighted by molar-refractivity contribution is 6.18. The minimum atomic E-state index is 0.601. The van der Waals surface area contributed by atoms with Crippen molar-refractivity contribution in [3.63, 3.8) is 0 Å². The van der Waals surface area contributed by atoms with Crippen LogP contribution in [0.15, 0.2) is 73.1 Å².